The van der Waals surface area contributed by atoms with Crippen molar-refractivity contribution in [1.29, 1.82) is 0 Å². The van der Waals surface area contributed by atoms with Gasteiger partial charge in [0, 0.05) is 18.2 Å². The van der Waals surface area contributed by atoms with Crippen molar-refractivity contribution >= 4 is 29.9 Å². The maximum absolute atomic E-state index is 6.32. The zero-order valence-electron chi connectivity index (χ0n) is 18.5. The Kier molecular flexibility index (Phi) is 10.7. The molecule has 1 saturated carbocycles. The molecule has 0 atom stereocenters. The topological polar surface area (TPSA) is 77.0 Å². The summed E-state index contributed by atoms with van der Waals surface area (Å²) < 4.78 is 17.1. The molecule has 1 heterocycles. The zero-order valence-corrected chi connectivity index (χ0v) is 20.8. The van der Waals surface area contributed by atoms with Crippen LogP contribution in [-0.4, -0.2) is 37.8 Å². The van der Waals surface area contributed by atoms with Gasteiger partial charge in [0.15, 0.2) is 17.5 Å². The molecule has 0 unspecified atom stereocenters. The first kappa shape index (κ1) is 25.0. The number of rotatable bonds is 9. The lowest BCUT2D eigenvalue weighted by Crippen LogP contribution is -2.37. The van der Waals surface area contributed by atoms with Crippen LogP contribution in [-0.2, 0) is 13.1 Å². The lowest BCUT2D eigenvalue weighted by molar-refractivity contribution is 0.198. The van der Waals surface area contributed by atoms with Gasteiger partial charge >= 0.3 is 0 Å². The number of pyridine rings is 1. The van der Waals surface area contributed by atoms with Gasteiger partial charge in [0.1, 0.15) is 0 Å². The molecule has 3 rings (SSSR count). The molecule has 0 radical (unpaired) electrons. The maximum Gasteiger partial charge on any atom is 0.213 e. The summed E-state index contributed by atoms with van der Waals surface area (Å²) in [6.07, 6.45) is 4.89. The second-order valence-corrected chi connectivity index (χ2v) is 7.19. The third kappa shape index (κ3) is 7.45. The molecular weight excluding hydrogens is 507 g/mol. The van der Waals surface area contributed by atoms with E-state index in [0.717, 1.165) is 48.1 Å². The molecule has 7 nitrogen and oxygen atoms in total. The van der Waals surface area contributed by atoms with E-state index in [4.69, 9.17) is 19.2 Å². The SMILES string of the molecule is CCNC(=NCc1cccc(OC)c1OC1CCCC1)NCc1cccc(OC)n1.I. The van der Waals surface area contributed by atoms with Crippen LogP contribution in [0.5, 0.6) is 17.4 Å². The first-order valence-electron chi connectivity index (χ1n) is 10.6. The average Bonchev–Trinajstić information content (AvgIpc) is 3.29. The van der Waals surface area contributed by atoms with E-state index in [-0.39, 0.29) is 30.1 Å². The molecule has 0 saturated heterocycles. The standard InChI is InChI=1S/C23H32N4O3.HI/c1-4-24-23(26-16-18-10-8-14-21(27-18)29-3)25-15-17-9-7-13-20(28-2)22(17)30-19-11-5-6-12-19;/h7-10,13-14,19H,4-6,11-12,15-16H2,1-3H3,(H2,24,25,26);1H. The predicted molar refractivity (Wildman–Crippen MR) is 134 cm³/mol. The van der Waals surface area contributed by atoms with Crippen LogP contribution in [0.15, 0.2) is 41.4 Å². The Morgan fingerprint density at radius 1 is 1.06 bits per heavy atom. The van der Waals surface area contributed by atoms with Gasteiger partial charge in [-0.2, -0.15) is 0 Å². The van der Waals surface area contributed by atoms with Crippen molar-refractivity contribution < 1.29 is 14.2 Å². The lowest BCUT2D eigenvalue weighted by Gasteiger charge is -2.19. The van der Waals surface area contributed by atoms with E-state index in [1.807, 2.05) is 43.3 Å². The number of nitrogens with one attached hydrogen (secondary N) is 2. The zero-order chi connectivity index (χ0) is 21.2. The van der Waals surface area contributed by atoms with E-state index in [1.165, 1.54) is 12.8 Å². The minimum atomic E-state index is 0. The second-order valence-electron chi connectivity index (χ2n) is 7.19. The highest BCUT2D eigenvalue weighted by molar-refractivity contribution is 14.0. The van der Waals surface area contributed by atoms with E-state index in [9.17, 15) is 0 Å². The Hall–Kier alpha value is -2.23. The monoisotopic (exact) mass is 540 g/mol. The molecule has 170 valence electrons. The molecule has 8 heteroatoms. The number of aromatic nitrogens is 1. The smallest absolute Gasteiger partial charge is 0.213 e. The first-order chi connectivity index (χ1) is 14.7. The maximum atomic E-state index is 6.32. The van der Waals surface area contributed by atoms with Crippen LogP contribution < -0.4 is 24.8 Å². The third-order valence-electron chi connectivity index (χ3n) is 5.05. The van der Waals surface area contributed by atoms with Gasteiger partial charge in [0.2, 0.25) is 5.88 Å². The van der Waals surface area contributed by atoms with E-state index >= 15 is 0 Å². The van der Waals surface area contributed by atoms with Crippen molar-refractivity contribution in [2.24, 2.45) is 4.99 Å². The van der Waals surface area contributed by atoms with Crippen LogP contribution in [0.3, 0.4) is 0 Å². The average molecular weight is 540 g/mol. The van der Waals surface area contributed by atoms with E-state index in [2.05, 4.69) is 15.6 Å². The molecule has 1 aliphatic rings. The van der Waals surface area contributed by atoms with Crippen LogP contribution >= 0.6 is 24.0 Å². The van der Waals surface area contributed by atoms with Crippen LogP contribution in [0.25, 0.3) is 0 Å². The van der Waals surface area contributed by atoms with Crippen molar-refractivity contribution in [2.45, 2.75) is 51.8 Å². The number of aliphatic imine (C=N–C) groups is 1. The van der Waals surface area contributed by atoms with Gasteiger partial charge < -0.3 is 24.8 Å². The fraction of sp³-hybridized carbons (Fsp3) is 0.478. The Morgan fingerprint density at radius 2 is 1.84 bits per heavy atom. The Labute approximate surface area is 202 Å². The predicted octanol–water partition coefficient (Wildman–Crippen LogP) is 4.29. The van der Waals surface area contributed by atoms with Crippen LogP contribution in [0.2, 0.25) is 0 Å². The van der Waals surface area contributed by atoms with Gasteiger partial charge in [-0.25, -0.2) is 9.98 Å². The number of nitrogens with zero attached hydrogens (tertiary/aromatic N) is 2. The number of guanidine groups is 1. The van der Waals surface area contributed by atoms with Crippen molar-refractivity contribution in [2.75, 3.05) is 20.8 Å². The molecule has 0 spiro atoms. The minimum absolute atomic E-state index is 0. The second kappa shape index (κ2) is 13.2. The fourth-order valence-corrected chi connectivity index (χ4v) is 3.50. The number of benzene rings is 1. The van der Waals surface area contributed by atoms with Gasteiger partial charge in [-0.15, -0.1) is 24.0 Å². The van der Waals surface area contributed by atoms with Gasteiger partial charge in [-0.1, -0.05) is 18.2 Å². The summed E-state index contributed by atoms with van der Waals surface area (Å²) >= 11 is 0. The number of methoxy groups -OCH3 is 2. The molecule has 2 N–H and O–H groups in total. The number of hydrogen-bond donors (Lipinski definition) is 2. The molecule has 2 aromatic rings. The quantitative estimate of drug-likeness (QED) is 0.281. The van der Waals surface area contributed by atoms with Crippen LogP contribution in [0, 0.1) is 0 Å². The molecule has 0 aliphatic heterocycles. The van der Waals surface area contributed by atoms with Gasteiger partial charge in [-0.05, 0) is 44.7 Å². The van der Waals surface area contributed by atoms with Crippen LogP contribution in [0.1, 0.15) is 43.9 Å². The summed E-state index contributed by atoms with van der Waals surface area (Å²) in [6, 6.07) is 11.7. The summed E-state index contributed by atoms with van der Waals surface area (Å²) in [5, 5.41) is 6.61. The van der Waals surface area contributed by atoms with Crippen molar-refractivity contribution in [3.05, 3.63) is 47.7 Å². The largest absolute Gasteiger partial charge is 0.493 e. The normalized spacial score (nSPS) is 14.0. The summed E-state index contributed by atoms with van der Waals surface area (Å²) in [4.78, 5) is 9.18. The van der Waals surface area contributed by atoms with E-state index in [1.54, 1.807) is 14.2 Å². The summed E-state index contributed by atoms with van der Waals surface area (Å²) in [6.45, 7) is 3.84. The third-order valence-corrected chi connectivity index (χ3v) is 5.05. The molecule has 0 amide bonds. The lowest BCUT2D eigenvalue weighted by atomic mass is 10.1. The molecule has 1 fully saturated rings. The number of halogens is 1. The van der Waals surface area contributed by atoms with Crippen molar-refractivity contribution in [1.82, 2.24) is 15.6 Å². The number of hydrogen-bond acceptors (Lipinski definition) is 5. The molecular formula is C23H33IN4O3. The van der Waals surface area contributed by atoms with Crippen molar-refractivity contribution in [3.8, 4) is 17.4 Å². The van der Waals surface area contributed by atoms with Gasteiger partial charge in [0.25, 0.3) is 0 Å². The summed E-state index contributed by atoms with van der Waals surface area (Å²) in [5.74, 6) is 2.88. The van der Waals surface area contributed by atoms with E-state index in [0.29, 0.717) is 19.0 Å². The molecule has 1 aromatic heterocycles. The summed E-state index contributed by atoms with van der Waals surface area (Å²) in [7, 11) is 3.29. The highest BCUT2D eigenvalue weighted by Crippen LogP contribution is 2.35. The van der Waals surface area contributed by atoms with E-state index < -0.39 is 0 Å². The van der Waals surface area contributed by atoms with Crippen molar-refractivity contribution in [3.63, 3.8) is 0 Å². The molecule has 1 aromatic carbocycles. The fourth-order valence-electron chi connectivity index (χ4n) is 3.50. The molecule has 1 aliphatic carbocycles. The highest BCUT2D eigenvalue weighted by Gasteiger charge is 2.20. The minimum Gasteiger partial charge on any atom is -0.493 e. The van der Waals surface area contributed by atoms with Gasteiger partial charge in [-0.3, -0.25) is 0 Å². The first-order valence-corrected chi connectivity index (χ1v) is 10.6. The molecule has 31 heavy (non-hydrogen) atoms. The Balaban J connectivity index is 0.00000341. The Morgan fingerprint density at radius 3 is 2.55 bits per heavy atom. The highest BCUT2D eigenvalue weighted by atomic mass is 127. The Bertz CT molecular complexity index is 841. The van der Waals surface area contributed by atoms with Gasteiger partial charge in [0.05, 0.1) is 39.1 Å². The molecule has 0 bridgehead atoms. The summed E-state index contributed by atoms with van der Waals surface area (Å²) in [5.41, 5.74) is 1.89. The number of ether oxygens (including phenoxy) is 3. The van der Waals surface area contributed by atoms with Crippen LogP contribution in [0.4, 0.5) is 0 Å². The number of para-hydroxylation sites is 1.